The number of benzene rings is 2. The molecule has 0 radical (unpaired) electrons. The summed E-state index contributed by atoms with van der Waals surface area (Å²) >= 11 is 0. The highest BCUT2D eigenvalue weighted by molar-refractivity contribution is 6.02. The molecule has 3 rings (SSSR count). The van der Waals surface area contributed by atoms with Crippen molar-refractivity contribution in [1.82, 2.24) is 0 Å². The Balaban J connectivity index is 1.97. The summed E-state index contributed by atoms with van der Waals surface area (Å²) < 4.78 is 0. The second kappa shape index (κ2) is 4.30. The predicted molar refractivity (Wildman–Crippen MR) is 72.5 cm³/mol. The van der Waals surface area contributed by atoms with Gasteiger partial charge in [0.25, 0.3) is 0 Å². The molecule has 0 bridgehead atoms. The quantitative estimate of drug-likeness (QED) is 0.786. The Labute approximate surface area is 107 Å². The average molecular weight is 237 g/mol. The van der Waals surface area contributed by atoms with Crippen molar-refractivity contribution < 1.29 is 4.79 Å². The molecular formula is C16H15NO. The van der Waals surface area contributed by atoms with Crippen molar-refractivity contribution in [3.05, 3.63) is 65.2 Å². The lowest BCUT2D eigenvalue weighted by atomic mass is 10.1. The van der Waals surface area contributed by atoms with Gasteiger partial charge in [-0.15, -0.1) is 0 Å². The van der Waals surface area contributed by atoms with Gasteiger partial charge < -0.3 is 4.90 Å². The van der Waals surface area contributed by atoms with Crippen molar-refractivity contribution in [1.29, 1.82) is 0 Å². The molecule has 2 aromatic carbocycles. The van der Waals surface area contributed by atoms with E-state index in [1.54, 1.807) is 0 Å². The molecule has 1 heterocycles. The van der Waals surface area contributed by atoms with Crippen LogP contribution in [0, 0.1) is 6.92 Å². The molecule has 0 fully saturated rings. The summed E-state index contributed by atoms with van der Waals surface area (Å²) in [4.78, 5) is 14.0. The second-order valence-corrected chi connectivity index (χ2v) is 4.72. The zero-order valence-electron chi connectivity index (χ0n) is 10.4. The van der Waals surface area contributed by atoms with E-state index in [0.29, 0.717) is 13.0 Å². The highest BCUT2D eigenvalue weighted by Gasteiger charge is 2.28. The summed E-state index contributed by atoms with van der Waals surface area (Å²) in [5, 5.41) is 0. The van der Waals surface area contributed by atoms with Crippen molar-refractivity contribution in [2.45, 2.75) is 19.9 Å². The first-order valence-corrected chi connectivity index (χ1v) is 6.18. The number of carbonyl (C=O) groups is 1. The Kier molecular flexibility index (Phi) is 2.63. The fourth-order valence-corrected chi connectivity index (χ4v) is 2.56. The Morgan fingerprint density at radius 3 is 2.61 bits per heavy atom. The van der Waals surface area contributed by atoms with E-state index in [4.69, 9.17) is 0 Å². The van der Waals surface area contributed by atoms with Crippen LogP contribution in [0.3, 0.4) is 0 Å². The summed E-state index contributed by atoms with van der Waals surface area (Å²) in [5.74, 6) is 0.197. The minimum atomic E-state index is 0.197. The highest BCUT2D eigenvalue weighted by atomic mass is 16.2. The van der Waals surface area contributed by atoms with E-state index >= 15 is 0 Å². The lowest BCUT2D eigenvalue weighted by Crippen LogP contribution is -2.26. The smallest absolute Gasteiger partial charge is 0.231 e. The van der Waals surface area contributed by atoms with Crippen LogP contribution in [0.2, 0.25) is 0 Å². The maximum Gasteiger partial charge on any atom is 0.231 e. The van der Waals surface area contributed by atoms with Gasteiger partial charge in [0.15, 0.2) is 0 Å². The average Bonchev–Trinajstić information content (AvgIpc) is 2.69. The first kappa shape index (κ1) is 11.0. The number of carbonyl (C=O) groups excluding carboxylic acids is 1. The molecule has 2 aromatic rings. The fraction of sp³-hybridized carbons (Fsp3) is 0.188. The van der Waals surface area contributed by atoms with E-state index < -0.39 is 0 Å². The van der Waals surface area contributed by atoms with E-state index in [1.165, 1.54) is 11.1 Å². The Bertz CT molecular complexity index is 589. The number of fused-ring (bicyclic) bond motifs is 1. The molecule has 2 nitrogen and oxygen atoms in total. The third-order valence-corrected chi connectivity index (χ3v) is 3.42. The topological polar surface area (TPSA) is 20.3 Å². The molecule has 0 unspecified atom stereocenters. The molecule has 1 aliphatic heterocycles. The Morgan fingerprint density at radius 2 is 1.83 bits per heavy atom. The molecule has 0 N–H and O–H groups in total. The number of hydrogen-bond donors (Lipinski definition) is 0. The first-order chi connectivity index (χ1) is 8.75. The molecule has 0 spiro atoms. The van der Waals surface area contributed by atoms with Crippen LogP contribution in [0.1, 0.15) is 16.7 Å². The van der Waals surface area contributed by atoms with Crippen molar-refractivity contribution in [3.63, 3.8) is 0 Å². The van der Waals surface area contributed by atoms with E-state index in [2.05, 4.69) is 25.1 Å². The number of anilines is 1. The molecule has 1 amide bonds. The van der Waals surface area contributed by atoms with Gasteiger partial charge in [-0.1, -0.05) is 48.5 Å². The zero-order valence-corrected chi connectivity index (χ0v) is 10.4. The van der Waals surface area contributed by atoms with Gasteiger partial charge in [-0.05, 0) is 23.6 Å². The summed E-state index contributed by atoms with van der Waals surface area (Å²) in [6.45, 7) is 2.73. The summed E-state index contributed by atoms with van der Waals surface area (Å²) in [7, 11) is 0. The minimum absolute atomic E-state index is 0.197. The molecule has 0 aromatic heterocycles. The van der Waals surface area contributed by atoms with E-state index in [0.717, 1.165) is 11.3 Å². The Morgan fingerprint density at radius 1 is 1.06 bits per heavy atom. The number of rotatable bonds is 2. The molecule has 90 valence electrons. The SMILES string of the molecule is Cc1cccc2c1N(Cc1ccccc1)C(=O)C2. The predicted octanol–water partition coefficient (Wildman–Crippen LogP) is 3.08. The van der Waals surface area contributed by atoms with E-state index in [1.807, 2.05) is 35.2 Å². The molecule has 1 aliphatic rings. The maximum absolute atomic E-state index is 12.1. The number of nitrogens with zero attached hydrogens (tertiary/aromatic N) is 1. The van der Waals surface area contributed by atoms with Crippen LogP contribution in [-0.4, -0.2) is 5.91 Å². The van der Waals surface area contributed by atoms with Crippen LogP contribution < -0.4 is 4.90 Å². The normalized spacial score (nSPS) is 13.8. The number of amides is 1. The summed E-state index contributed by atoms with van der Waals surface area (Å²) in [6, 6.07) is 16.3. The number of aryl methyl sites for hydroxylation is 1. The standard InChI is InChI=1S/C16H15NO/c1-12-6-5-9-14-10-15(18)17(16(12)14)11-13-7-3-2-4-8-13/h2-9H,10-11H2,1H3. The van der Waals surface area contributed by atoms with Crippen molar-refractivity contribution in [2.24, 2.45) is 0 Å². The second-order valence-electron chi connectivity index (χ2n) is 4.72. The monoisotopic (exact) mass is 237 g/mol. The highest BCUT2D eigenvalue weighted by Crippen LogP contribution is 2.33. The fourth-order valence-electron chi connectivity index (χ4n) is 2.56. The largest absolute Gasteiger partial charge is 0.307 e. The lowest BCUT2D eigenvalue weighted by Gasteiger charge is -2.19. The van der Waals surface area contributed by atoms with Gasteiger partial charge in [-0.25, -0.2) is 0 Å². The summed E-state index contributed by atoms with van der Waals surface area (Å²) in [6.07, 6.45) is 0.532. The molecular weight excluding hydrogens is 222 g/mol. The molecule has 0 saturated carbocycles. The Hall–Kier alpha value is -2.09. The first-order valence-electron chi connectivity index (χ1n) is 6.18. The van der Waals surface area contributed by atoms with Crippen LogP contribution in [0.25, 0.3) is 0 Å². The van der Waals surface area contributed by atoms with Gasteiger partial charge in [-0.3, -0.25) is 4.79 Å². The van der Waals surface area contributed by atoms with Crippen molar-refractivity contribution in [3.8, 4) is 0 Å². The van der Waals surface area contributed by atoms with Crippen molar-refractivity contribution >= 4 is 11.6 Å². The van der Waals surface area contributed by atoms with Gasteiger partial charge >= 0.3 is 0 Å². The van der Waals surface area contributed by atoms with Gasteiger partial charge in [0, 0.05) is 0 Å². The third kappa shape index (κ3) is 1.80. The van der Waals surface area contributed by atoms with Crippen LogP contribution in [0.5, 0.6) is 0 Å². The minimum Gasteiger partial charge on any atom is -0.307 e. The number of hydrogen-bond acceptors (Lipinski definition) is 1. The molecule has 0 aliphatic carbocycles. The van der Waals surface area contributed by atoms with Crippen LogP contribution in [0.4, 0.5) is 5.69 Å². The van der Waals surface area contributed by atoms with E-state index in [-0.39, 0.29) is 5.91 Å². The van der Waals surface area contributed by atoms with Crippen LogP contribution >= 0.6 is 0 Å². The van der Waals surface area contributed by atoms with E-state index in [9.17, 15) is 4.79 Å². The molecule has 2 heteroatoms. The van der Waals surface area contributed by atoms with Crippen LogP contribution in [0.15, 0.2) is 48.5 Å². The third-order valence-electron chi connectivity index (χ3n) is 3.42. The van der Waals surface area contributed by atoms with Gasteiger partial charge in [0.1, 0.15) is 0 Å². The number of para-hydroxylation sites is 1. The molecule has 18 heavy (non-hydrogen) atoms. The van der Waals surface area contributed by atoms with Crippen LogP contribution in [-0.2, 0) is 17.8 Å². The molecule has 0 atom stereocenters. The van der Waals surface area contributed by atoms with Gasteiger partial charge in [0.2, 0.25) is 5.91 Å². The molecule has 0 saturated heterocycles. The maximum atomic E-state index is 12.1. The zero-order chi connectivity index (χ0) is 12.5. The van der Waals surface area contributed by atoms with Gasteiger partial charge in [0.05, 0.1) is 18.7 Å². The summed E-state index contributed by atoms with van der Waals surface area (Å²) in [5.41, 5.74) is 4.60. The lowest BCUT2D eigenvalue weighted by molar-refractivity contribution is -0.117. The van der Waals surface area contributed by atoms with Gasteiger partial charge in [-0.2, -0.15) is 0 Å². The van der Waals surface area contributed by atoms with Crippen molar-refractivity contribution in [2.75, 3.05) is 4.90 Å².